The monoisotopic (exact) mass is 376 g/mol. The molecule has 0 bridgehead atoms. The Morgan fingerprint density at radius 3 is 2.37 bits per heavy atom. The number of amides is 3. The van der Waals surface area contributed by atoms with Crippen molar-refractivity contribution in [1.29, 1.82) is 0 Å². The quantitative estimate of drug-likeness (QED) is 0.541. The summed E-state index contributed by atoms with van der Waals surface area (Å²) in [6.45, 7) is 4.23. The van der Waals surface area contributed by atoms with E-state index in [0.717, 1.165) is 4.90 Å². The Balaban J connectivity index is 2.21. The van der Waals surface area contributed by atoms with Crippen LogP contribution in [0, 0.1) is 5.92 Å². The van der Waals surface area contributed by atoms with Crippen molar-refractivity contribution < 1.29 is 28.7 Å². The van der Waals surface area contributed by atoms with Crippen LogP contribution in [-0.4, -0.2) is 62.0 Å². The van der Waals surface area contributed by atoms with Crippen molar-refractivity contribution >= 4 is 23.7 Å². The fourth-order valence-corrected chi connectivity index (χ4v) is 2.89. The molecular weight excluding hydrogens is 352 g/mol. The van der Waals surface area contributed by atoms with E-state index in [0.29, 0.717) is 6.42 Å². The van der Waals surface area contributed by atoms with Crippen LogP contribution in [0.5, 0.6) is 0 Å². The lowest BCUT2D eigenvalue weighted by Gasteiger charge is -2.18. The van der Waals surface area contributed by atoms with Crippen LogP contribution in [0.2, 0.25) is 0 Å². The molecule has 1 aliphatic heterocycles. The zero-order valence-electron chi connectivity index (χ0n) is 15.9. The number of imide groups is 1. The number of hydrogen-bond acceptors (Lipinski definition) is 6. The average molecular weight is 376 g/mol. The molecular formula is C19H24N2O6. The third kappa shape index (κ3) is 4.51. The van der Waals surface area contributed by atoms with Crippen LogP contribution < -0.4 is 5.32 Å². The van der Waals surface area contributed by atoms with E-state index in [1.165, 1.54) is 32.4 Å². The second-order valence-electron chi connectivity index (χ2n) is 6.69. The minimum atomic E-state index is -0.786. The van der Waals surface area contributed by atoms with E-state index in [1.807, 2.05) is 13.8 Å². The molecule has 1 atom stereocenters. The molecule has 1 heterocycles. The first-order valence-corrected chi connectivity index (χ1v) is 8.68. The number of benzene rings is 1. The summed E-state index contributed by atoms with van der Waals surface area (Å²) in [5.74, 6) is -1.75. The maximum Gasteiger partial charge on any atom is 0.328 e. The number of nitrogens with zero attached hydrogens (tertiary/aromatic N) is 1. The average Bonchev–Trinajstić information content (AvgIpc) is 2.88. The topological polar surface area (TPSA) is 102 Å². The summed E-state index contributed by atoms with van der Waals surface area (Å²) in [6.07, 6.45) is 0.422. The molecule has 27 heavy (non-hydrogen) atoms. The van der Waals surface area contributed by atoms with Gasteiger partial charge >= 0.3 is 5.97 Å². The van der Waals surface area contributed by atoms with Crippen molar-refractivity contribution in [1.82, 2.24) is 10.2 Å². The summed E-state index contributed by atoms with van der Waals surface area (Å²) in [4.78, 5) is 50.3. The molecule has 0 aliphatic carbocycles. The van der Waals surface area contributed by atoms with Crippen LogP contribution in [0.25, 0.3) is 0 Å². The first-order chi connectivity index (χ1) is 12.8. The lowest BCUT2D eigenvalue weighted by molar-refractivity contribution is -0.143. The molecule has 1 aromatic carbocycles. The Kier molecular flexibility index (Phi) is 6.68. The van der Waals surface area contributed by atoms with Gasteiger partial charge in [-0.2, -0.15) is 0 Å². The molecule has 0 spiro atoms. The van der Waals surface area contributed by atoms with Crippen molar-refractivity contribution in [2.75, 3.05) is 27.4 Å². The highest BCUT2D eigenvalue weighted by atomic mass is 16.5. The highest BCUT2D eigenvalue weighted by Gasteiger charge is 2.36. The predicted molar refractivity (Wildman–Crippen MR) is 96.4 cm³/mol. The first kappa shape index (κ1) is 20.6. The Bertz CT molecular complexity index is 759. The number of hydrogen-bond donors (Lipinski definition) is 1. The zero-order valence-corrected chi connectivity index (χ0v) is 15.9. The number of carbonyl (C=O) groups is 4. The Hall–Kier alpha value is -2.74. The van der Waals surface area contributed by atoms with E-state index in [-0.39, 0.29) is 35.8 Å². The summed E-state index contributed by atoms with van der Waals surface area (Å²) in [5, 5.41) is 2.63. The summed E-state index contributed by atoms with van der Waals surface area (Å²) < 4.78 is 9.65. The van der Waals surface area contributed by atoms with Crippen molar-refractivity contribution in [2.24, 2.45) is 5.92 Å². The van der Waals surface area contributed by atoms with Crippen molar-refractivity contribution in [3.8, 4) is 0 Å². The molecule has 146 valence electrons. The van der Waals surface area contributed by atoms with Crippen LogP contribution in [0.3, 0.4) is 0 Å². The van der Waals surface area contributed by atoms with Crippen LogP contribution in [0.1, 0.15) is 51.3 Å². The van der Waals surface area contributed by atoms with E-state index < -0.39 is 29.7 Å². The third-order valence-corrected chi connectivity index (χ3v) is 4.25. The minimum absolute atomic E-state index is 0.142. The largest absolute Gasteiger partial charge is 0.467 e. The predicted octanol–water partition coefficient (Wildman–Crippen LogP) is 1.25. The summed E-state index contributed by atoms with van der Waals surface area (Å²) in [5.41, 5.74) is 0.614. The van der Waals surface area contributed by atoms with Gasteiger partial charge in [0.25, 0.3) is 17.7 Å². The molecule has 0 saturated heterocycles. The number of rotatable bonds is 8. The maximum atomic E-state index is 12.5. The van der Waals surface area contributed by atoms with Gasteiger partial charge in [0.05, 0.1) is 31.4 Å². The third-order valence-electron chi connectivity index (χ3n) is 4.25. The lowest BCUT2D eigenvalue weighted by atomic mass is 10.0. The van der Waals surface area contributed by atoms with E-state index in [4.69, 9.17) is 9.47 Å². The van der Waals surface area contributed by atoms with Gasteiger partial charge in [0, 0.05) is 12.7 Å². The highest BCUT2D eigenvalue weighted by molar-refractivity contribution is 6.22. The van der Waals surface area contributed by atoms with Gasteiger partial charge in [0.15, 0.2) is 0 Å². The van der Waals surface area contributed by atoms with Crippen molar-refractivity contribution in [3.63, 3.8) is 0 Å². The molecule has 8 nitrogen and oxygen atoms in total. The number of esters is 1. The van der Waals surface area contributed by atoms with Gasteiger partial charge in [-0.25, -0.2) is 4.79 Å². The summed E-state index contributed by atoms with van der Waals surface area (Å²) in [7, 11) is 2.74. The van der Waals surface area contributed by atoms with Crippen molar-refractivity contribution in [3.05, 3.63) is 34.9 Å². The first-order valence-electron chi connectivity index (χ1n) is 8.68. The van der Waals surface area contributed by atoms with Crippen LogP contribution in [0.15, 0.2) is 18.2 Å². The molecule has 1 aromatic rings. The summed E-state index contributed by atoms with van der Waals surface area (Å²) in [6, 6.07) is 3.50. The minimum Gasteiger partial charge on any atom is -0.467 e. The fraction of sp³-hybridized carbons (Fsp3) is 0.474. The number of methoxy groups -OCH3 is 2. The molecule has 3 amide bonds. The normalized spacial score (nSPS) is 14.3. The van der Waals surface area contributed by atoms with Crippen molar-refractivity contribution in [2.45, 2.75) is 26.3 Å². The number of nitrogens with one attached hydrogen (secondary N) is 1. The Morgan fingerprint density at radius 2 is 1.78 bits per heavy atom. The van der Waals surface area contributed by atoms with Gasteiger partial charge < -0.3 is 14.8 Å². The molecule has 2 rings (SSSR count). The second-order valence-corrected chi connectivity index (χ2v) is 6.69. The molecule has 1 N–H and O–H groups in total. The van der Waals surface area contributed by atoms with Gasteiger partial charge in [-0.15, -0.1) is 0 Å². The van der Waals surface area contributed by atoms with Gasteiger partial charge in [0.1, 0.15) is 6.04 Å². The molecule has 0 radical (unpaired) electrons. The Morgan fingerprint density at radius 1 is 1.11 bits per heavy atom. The van der Waals surface area contributed by atoms with E-state index in [9.17, 15) is 19.2 Å². The maximum absolute atomic E-state index is 12.5. The van der Waals surface area contributed by atoms with Gasteiger partial charge in [0.2, 0.25) is 0 Å². The van der Waals surface area contributed by atoms with E-state index in [2.05, 4.69) is 5.32 Å². The highest BCUT2D eigenvalue weighted by Crippen LogP contribution is 2.24. The van der Waals surface area contributed by atoms with Gasteiger partial charge in [-0.3, -0.25) is 19.3 Å². The molecule has 0 aromatic heterocycles. The SMILES string of the molecule is COCCN1C(=O)c2ccc(C(=O)N[C@H](CC(C)C)C(=O)OC)cc2C1=O. The van der Waals surface area contributed by atoms with Gasteiger partial charge in [-0.1, -0.05) is 13.8 Å². The number of ether oxygens (including phenoxy) is 2. The van der Waals surface area contributed by atoms with Crippen LogP contribution in [-0.2, 0) is 14.3 Å². The zero-order chi connectivity index (χ0) is 20.1. The Labute approximate surface area is 157 Å². The number of carbonyl (C=O) groups excluding carboxylic acids is 4. The summed E-state index contributed by atoms with van der Waals surface area (Å²) >= 11 is 0. The van der Waals surface area contributed by atoms with Gasteiger partial charge in [-0.05, 0) is 30.5 Å². The van der Waals surface area contributed by atoms with Crippen LogP contribution in [0.4, 0.5) is 0 Å². The molecule has 0 saturated carbocycles. The standard InChI is InChI=1S/C19H24N2O6/c1-11(2)9-15(19(25)27-4)20-16(22)12-5-6-13-14(10-12)18(24)21(17(13)23)7-8-26-3/h5-6,10-11,15H,7-9H2,1-4H3,(H,20,22)/t15-/m1/s1. The number of fused-ring (bicyclic) bond motifs is 1. The lowest BCUT2D eigenvalue weighted by Crippen LogP contribution is -2.42. The van der Waals surface area contributed by atoms with E-state index >= 15 is 0 Å². The van der Waals surface area contributed by atoms with E-state index in [1.54, 1.807) is 0 Å². The fourth-order valence-electron chi connectivity index (χ4n) is 2.89. The van der Waals surface area contributed by atoms with Crippen LogP contribution >= 0.6 is 0 Å². The molecule has 0 fully saturated rings. The molecule has 1 aliphatic rings. The second kappa shape index (κ2) is 8.77. The smallest absolute Gasteiger partial charge is 0.328 e. The molecule has 0 unspecified atom stereocenters. The molecule has 8 heteroatoms.